The number of ether oxygens (including phenoxy) is 1. The van der Waals surface area contributed by atoms with Gasteiger partial charge in [-0.15, -0.1) is 0 Å². The Morgan fingerprint density at radius 2 is 1.21 bits per heavy atom. The Kier molecular flexibility index (Phi) is 9.63. The van der Waals surface area contributed by atoms with Crippen molar-refractivity contribution in [3.8, 4) is 16.9 Å². The molecule has 4 heteroatoms. The summed E-state index contributed by atoms with van der Waals surface area (Å²) in [7, 11) is 0. The normalized spacial score (nSPS) is 15.8. The molecule has 0 aliphatic heterocycles. The van der Waals surface area contributed by atoms with Crippen molar-refractivity contribution in [2.24, 2.45) is 5.92 Å². The molecule has 172 valence electrons. The van der Waals surface area contributed by atoms with E-state index >= 15 is 0 Å². The third-order valence-electron chi connectivity index (χ3n) is 5.63. The number of hydrogen-bond donors (Lipinski definition) is 1. The Morgan fingerprint density at radius 1 is 0.706 bits per heavy atom. The minimum atomic E-state index is -0.250. The van der Waals surface area contributed by atoms with Gasteiger partial charge in [-0.3, -0.25) is 9.59 Å². The molecule has 1 aliphatic carbocycles. The van der Waals surface area contributed by atoms with E-state index in [-0.39, 0.29) is 24.3 Å². The second kappa shape index (κ2) is 13.4. The van der Waals surface area contributed by atoms with Crippen molar-refractivity contribution in [2.45, 2.75) is 18.8 Å². The molecule has 5 rings (SSSR count). The highest BCUT2D eigenvalue weighted by Gasteiger charge is 2.38. The molecule has 0 amide bonds. The Bertz CT molecular complexity index is 1100. The molecule has 0 radical (unpaired) electrons. The van der Waals surface area contributed by atoms with Crippen LogP contribution in [0.25, 0.3) is 11.1 Å². The molecule has 4 aromatic rings. The maximum absolute atomic E-state index is 12.6. The first-order valence-corrected chi connectivity index (χ1v) is 11.2. The van der Waals surface area contributed by atoms with Gasteiger partial charge >= 0.3 is 5.97 Å². The number of rotatable bonds is 4. The summed E-state index contributed by atoms with van der Waals surface area (Å²) in [6, 6.07) is 40.1. The van der Waals surface area contributed by atoms with E-state index in [9.17, 15) is 4.79 Å². The summed E-state index contributed by atoms with van der Waals surface area (Å²) in [5.74, 6) is 0.740. The first kappa shape index (κ1) is 24.5. The van der Waals surface area contributed by atoms with Gasteiger partial charge in [-0.2, -0.15) is 0 Å². The highest BCUT2D eigenvalue weighted by Crippen LogP contribution is 2.43. The van der Waals surface area contributed by atoms with Gasteiger partial charge in [0.15, 0.2) is 0 Å². The lowest BCUT2D eigenvalue weighted by Crippen LogP contribution is -2.34. The van der Waals surface area contributed by atoms with Gasteiger partial charge in [0, 0.05) is 0 Å². The van der Waals surface area contributed by atoms with Crippen LogP contribution in [0.1, 0.15) is 24.3 Å². The maximum Gasteiger partial charge on any atom is 0.314 e. The van der Waals surface area contributed by atoms with E-state index in [1.807, 2.05) is 97.1 Å². The molecule has 0 aromatic heterocycles. The SMILES string of the molecule is O=C(Oc1cccc(-c2ccccc2)c1)[C@@H]1CC[C@@H]1c1ccccc1.O=CO.c1ccccc1. The lowest BCUT2D eigenvalue weighted by Gasteiger charge is -2.35. The van der Waals surface area contributed by atoms with Crippen LogP contribution in [-0.4, -0.2) is 17.5 Å². The maximum atomic E-state index is 12.6. The molecule has 4 aromatic carbocycles. The number of esters is 1. The molecule has 1 fully saturated rings. The lowest BCUT2D eigenvalue weighted by molar-refractivity contribution is -0.142. The average Bonchev–Trinajstić information content (AvgIpc) is 2.87. The standard InChI is InChI=1S/C23H20O2.C6H6.CH2O2/c24-23(22-15-14-21(22)18-10-5-2-6-11-18)25-20-13-7-12-19(16-20)17-8-3-1-4-9-17;1-2-4-6-5-3-1;2-1-3/h1-13,16,21-22H,14-15H2;1-6H;1H,(H,2,3)/t21-,22-;;/m1../s1. The van der Waals surface area contributed by atoms with E-state index in [1.54, 1.807) is 0 Å². The minimum Gasteiger partial charge on any atom is -0.483 e. The number of benzene rings is 4. The summed E-state index contributed by atoms with van der Waals surface area (Å²) < 4.78 is 5.69. The minimum absolute atomic E-state index is 0.0391. The topological polar surface area (TPSA) is 63.6 Å². The van der Waals surface area contributed by atoms with Crippen molar-refractivity contribution < 1.29 is 19.4 Å². The Labute approximate surface area is 200 Å². The molecule has 0 heterocycles. The van der Waals surface area contributed by atoms with Crippen molar-refractivity contribution >= 4 is 12.4 Å². The molecule has 1 N–H and O–H groups in total. The Morgan fingerprint density at radius 3 is 1.74 bits per heavy atom. The van der Waals surface area contributed by atoms with Gasteiger partial charge in [-0.1, -0.05) is 109 Å². The van der Waals surface area contributed by atoms with Crippen LogP contribution in [0, 0.1) is 5.92 Å². The van der Waals surface area contributed by atoms with E-state index in [0.717, 1.165) is 24.0 Å². The first-order valence-electron chi connectivity index (χ1n) is 11.2. The molecule has 4 nitrogen and oxygen atoms in total. The lowest BCUT2D eigenvalue weighted by atomic mass is 9.70. The molecular formula is C30H28O4. The van der Waals surface area contributed by atoms with E-state index in [4.69, 9.17) is 14.6 Å². The fourth-order valence-electron chi connectivity index (χ4n) is 3.83. The van der Waals surface area contributed by atoms with Crippen LogP contribution in [0.2, 0.25) is 0 Å². The quantitative estimate of drug-likeness (QED) is 0.209. The zero-order valence-corrected chi connectivity index (χ0v) is 18.9. The van der Waals surface area contributed by atoms with Crippen molar-refractivity contribution in [3.05, 3.63) is 127 Å². The van der Waals surface area contributed by atoms with Crippen molar-refractivity contribution in [3.63, 3.8) is 0 Å². The van der Waals surface area contributed by atoms with E-state index < -0.39 is 0 Å². The van der Waals surface area contributed by atoms with Crippen LogP contribution in [0.4, 0.5) is 0 Å². The van der Waals surface area contributed by atoms with Gasteiger partial charge < -0.3 is 9.84 Å². The van der Waals surface area contributed by atoms with Gasteiger partial charge in [-0.25, -0.2) is 0 Å². The zero-order valence-electron chi connectivity index (χ0n) is 18.9. The number of carboxylic acid groups (broad SMARTS) is 1. The first-order chi connectivity index (χ1) is 16.7. The van der Waals surface area contributed by atoms with E-state index in [2.05, 4.69) is 24.3 Å². The van der Waals surface area contributed by atoms with Gasteiger partial charge in [0.1, 0.15) is 5.75 Å². The molecule has 0 unspecified atom stereocenters. The van der Waals surface area contributed by atoms with Crippen LogP contribution < -0.4 is 4.74 Å². The van der Waals surface area contributed by atoms with Gasteiger partial charge in [-0.05, 0) is 47.6 Å². The summed E-state index contributed by atoms with van der Waals surface area (Å²) in [5, 5.41) is 6.89. The van der Waals surface area contributed by atoms with E-state index in [0.29, 0.717) is 5.75 Å². The predicted molar refractivity (Wildman–Crippen MR) is 135 cm³/mol. The Hall–Kier alpha value is -4.18. The fraction of sp³-hybridized carbons (Fsp3) is 0.133. The highest BCUT2D eigenvalue weighted by molar-refractivity contribution is 5.78. The highest BCUT2D eigenvalue weighted by atomic mass is 16.5. The van der Waals surface area contributed by atoms with Crippen molar-refractivity contribution in [1.82, 2.24) is 0 Å². The molecule has 34 heavy (non-hydrogen) atoms. The fourth-order valence-corrected chi connectivity index (χ4v) is 3.83. The van der Waals surface area contributed by atoms with Crippen LogP contribution in [0.15, 0.2) is 121 Å². The second-order valence-electron chi connectivity index (χ2n) is 7.78. The second-order valence-corrected chi connectivity index (χ2v) is 7.78. The smallest absolute Gasteiger partial charge is 0.314 e. The number of hydrogen-bond acceptors (Lipinski definition) is 3. The summed E-state index contributed by atoms with van der Waals surface area (Å²) in [4.78, 5) is 21.0. The summed E-state index contributed by atoms with van der Waals surface area (Å²) in [5.41, 5.74) is 3.40. The van der Waals surface area contributed by atoms with Gasteiger partial charge in [0.2, 0.25) is 0 Å². The monoisotopic (exact) mass is 452 g/mol. The summed E-state index contributed by atoms with van der Waals surface area (Å²) in [6.45, 7) is -0.250. The summed E-state index contributed by atoms with van der Waals surface area (Å²) in [6.07, 6.45) is 1.95. The zero-order chi connectivity index (χ0) is 24.0. The molecule has 2 atom stereocenters. The third-order valence-corrected chi connectivity index (χ3v) is 5.63. The third kappa shape index (κ3) is 7.17. The molecular weight excluding hydrogens is 424 g/mol. The van der Waals surface area contributed by atoms with Crippen LogP contribution >= 0.6 is 0 Å². The molecule has 0 bridgehead atoms. The molecule has 1 saturated carbocycles. The Balaban J connectivity index is 0.000000305. The largest absolute Gasteiger partial charge is 0.483 e. The van der Waals surface area contributed by atoms with E-state index in [1.165, 1.54) is 5.56 Å². The van der Waals surface area contributed by atoms with Crippen molar-refractivity contribution in [1.29, 1.82) is 0 Å². The van der Waals surface area contributed by atoms with Gasteiger partial charge in [0.05, 0.1) is 5.92 Å². The van der Waals surface area contributed by atoms with Crippen LogP contribution in [0.3, 0.4) is 0 Å². The summed E-state index contributed by atoms with van der Waals surface area (Å²) >= 11 is 0. The van der Waals surface area contributed by atoms with Crippen LogP contribution in [-0.2, 0) is 9.59 Å². The van der Waals surface area contributed by atoms with Gasteiger partial charge in [0.25, 0.3) is 6.47 Å². The number of carbonyl (C=O) groups is 2. The number of carbonyl (C=O) groups excluding carboxylic acids is 1. The average molecular weight is 453 g/mol. The van der Waals surface area contributed by atoms with Crippen molar-refractivity contribution in [2.75, 3.05) is 0 Å². The predicted octanol–water partition coefficient (Wildman–Crippen LogP) is 6.84. The van der Waals surface area contributed by atoms with Crippen LogP contribution in [0.5, 0.6) is 5.75 Å². The molecule has 0 spiro atoms. The molecule has 0 saturated heterocycles. The molecule has 1 aliphatic rings.